The molecule has 1 saturated carbocycles. The molecule has 35 heavy (non-hydrogen) atoms. The summed E-state index contributed by atoms with van der Waals surface area (Å²) in [7, 11) is 1.78. The number of nitrogens with zero attached hydrogens (tertiary/aromatic N) is 3. The molecule has 1 aromatic heterocycles. The maximum absolute atomic E-state index is 13.8. The van der Waals surface area contributed by atoms with Gasteiger partial charge in [-0.25, -0.2) is 0 Å². The van der Waals surface area contributed by atoms with Crippen LogP contribution in [0.5, 0.6) is 0 Å². The lowest BCUT2D eigenvalue weighted by Gasteiger charge is -2.35. The van der Waals surface area contributed by atoms with Crippen LogP contribution in [-0.2, 0) is 10.3 Å². The van der Waals surface area contributed by atoms with E-state index in [9.17, 15) is 10.0 Å². The molecule has 0 bridgehead atoms. The summed E-state index contributed by atoms with van der Waals surface area (Å²) in [5.41, 5.74) is 8.90. The van der Waals surface area contributed by atoms with E-state index in [0.717, 1.165) is 36.0 Å². The summed E-state index contributed by atoms with van der Waals surface area (Å²) in [6, 6.07) is 18.0. The van der Waals surface area contributed by atoms with E-state index in [1.54, 1.807) is 11.9 Å². The Bertz CT molecular complexity index is 1300. The van der Waals surface area contributed by atoms with Crippen molar-refractivity contribution in [1.82, 2.24) is 4.57 Å². The Kier molecular flexibility index (Phi) is 5.63. The number of aromatic nitrogens is 1. The van der Waals surface area contributed by atoms with Crippen LogP contribution in [0, 0.1) is 5.92 Å². The second kappa shape index (κ2) is 8.41. The third-order valence-electron chi connectivity index (χ3n) is 7.88. The van der Waals surface area contributed by atoms with Gasteiger partial charge >= 0.3 is 0 Å². The number of benzene rings is 2. The summed E-state index contributed by atoms with van der Waals surface area (Å²) in [6.45, 7) is 7.09. The van der Waals surface area contributed by atoms with Crippen molar-refractivity contribution in [2.75, 3.05) is 18.6 Å². The maximum atomic E-state index is 13.8. The highest BCUT2D eigenvalue weighted by molar-refractivity contribution is 6.09. The summed E-state index contributed by atoms with van der Waals surface area (Å²) in [6.07, 6.45) is 2.63. The number of para-hydroxylation sites is 1. The van der Waals surface area contributed by atoms with Gasteiger partial charge in [0.15, 0.2) is 5.84 Å². The molecule has 2 heterocycles. The molecule has 3 atom stereocenters. The van der Waals surface area contributed by atoms with Crippen molar-refractivity contribution in [2.24, 2.45) is 16.8 Å². The molecule has 7 nitrogen and oxygen atoms in total. The van der Waals surface area contributed by atoms with Gasteiger partial charge in [0.1, 0.15) is 11.2 Å². The van der Waals surface area contributed by atoms with E-state index in [1.165, 1.54) is 5.56 Å². The highest BCUT2D eigenvalue weighted by Crippen LogP contribution is 2.53. The molecule has 7 heteroatoms. The van der Waals surface area contributed by atoms with Gasteiger partial charge in [-0.1, -0.05) is 36.3 Å². The van der Waals surface area contributed by atoms with Crippen LogP contribution in [0.1, 0.15) is 62.0 Å². The molecule has 3 N–H and O–H groups in total. The lowest BCUT2D eigenvalue weighted by Crippen LogP contribution is -2.39. The van der Waals surface area contributed by atoms with Crippen LogP contribution < -0.4 is 10.6 Å². The number of carbonyl (C=O) groups excluding carboxylic acids is 1. The molecule has 184 valence electrons. The largest absolute Gasteiger partial charge is 0.409 e. The number of fused-ring (bicyclic) bond motifs is 1. The molecule has 1 amide bonds. The number of amides is 1. The Morgan fingerprint density at radius 2 is 1.89 bits per heavy atom. The third kappa shape index (κ3) is 3.88. The first-order valence-electron chi connectivity index (χ1n) is 12.3. The van der Waals surface area contributed by atoms with Crippen molar-refractivity contribution < 1.29 is 14.7 Å². The molecule has 2 aromatic carbocycles. The molecule has 0 spiro atoms. The van der Waals surface area contributed by atoms with Gasteiger partial charge in [-0.15, -0.1) is 0 Å². The fourth-order valence-corrected chi connectivity index (χ4v) is 5.81. The minimum atomic E-state index is -0.721. The van der Waals surface area contributed by atoms with Crippen LogP contribution >= 0.6 is 0 Å². The van der Waals surface area contributed by atoms with E-state index < -0.39 is 5.54 Å². The van der Waals surface area contributed by atoms with Gasteiger partial charge in [-0.05, 0) is 80.8 Å². The van der Waals surface area contributed by atoms with Crippen molar-refractivity contribution in [3.63, 3.8) is 0 Å². The molecule has 1 aliphatic carbocycles. The van der Waals surface area contributed by atoms with Crippen LogP contribution in [0.15, 0.2) is 59.8 Å². The molecular weight excluding hydrogens is 440 g/mol. The van der Waals surface area contributed by atoms with Gasteiger partial charge in [-0.2, -0.15) is 0 Å². The molecule has 2 fully saturated rings. The lowest BCUT2D eigenvalue weighted by molar-refractivity contribution is -0.0592. The summed E-state index contributed by atoms with van der Waals surface area (Å²) in [4.78, 5) is 15.5. The van der Waals surface area contributed by atoms with Crippen molar-refractivity contribution in [3.05, 3.63) is 65.9 Å². The Hall–Kier alpha value is -3.32. The first-order valence-corrected chi connectivity index (χ1v) is 12.3. The third-order valence-corrected chi connectivity index (χ3v) is 7.88. The van der Waals surface area contributed by atoms with Crippen molar-refractivity contribution in [3.8, 4) is 0 Å². The average Bonchev–Trinajstić information content (AvgIpc) is 3.38. The number of nitrogens with two attached hydrogens (primary N) is 1. The molecule has 2 aliphatic rings. The molecule has 5 rings (SSSR count). The van der Waals surface area contributed by atoms with Gasteiger partial charge in [0.2, 0.25) is 0 Å². The van der Waals surface area contributed by atoms with Crippen molar-refractivity contribution in [1.29, 1.82) is 0 Å². The summed E-state index contributed by atoms with van der Waals surface area (Å²) >= 11 is 0. The molecule has 0 unspecified atom stereocenters. The number of anilines is 1. The van der Waals surface area contributed by atoms with E-state index in [1.807, 2.05) is 41.0 Å². The SMILES string of the molecule is C[C@H]1C[C@]1(/C(N)=N/O)n1c(C(=O)N(C)c2ccccc2)cc2cc([C@H]3CCOC(C)(C)C3)ccc21. The van der Waals surface area contributed by atoms with Crippen LogP contribution in [0.4, 0.5) is 5.69 Å². The van der Waals surface area contributed by atoms with E-state index in [0.29, 0.717) is 18.0 Å². The Morgan fingerprint density at radius 3 is 2.51 bits per heavy atom. The second-order valence-electron chi connectivity index (χ2n) is 10.7. The number of hydrogen-bond acceptors (Lipinski definition) is 4. The number of carbonyl (C=O) groups is 1. The zero-order valence-corrected chi connectivity index (χ0v) is 20.9. The monoisotopic (exact) mass is 474 g/mol. The summed E-state index contributed by atoms with van der Waals surface area (Å²) in [5.74, 6) is 0.536. The summed E-state index contributed by atoms with van der Waals surface area (Å²) in [5, 5.41) is 14.0. The minimum absolute atomic E-state index is 0.133. The van der Waals surface area contributed by atoms with Gasteiger partial charge in [-0.3, -0.25) is 4.79 Å². The van der Waals surface area contributed by atoms with Crippen molar-refractivity contribution in [2.45, 2.75) is 57.1 Å². The van der Waals surface area contributed by atoms with E-state index in [4.69, 9.17) is 10.5 Å². The van der Waals surface area contributed by atoms with E-state index in [-0.39, 0.29) is 23.3 Å². The maximum Gasteiger partial charge on any atom is 0.274 e. The first kappa shape index (κ1) is 23.4. The highest BCUT2D eigenvalue weighted by atomic mass is 16.5. The van der Waals surface area contributed by atoms with Crippen molar-refractivity contribution >= 4 is 28.3 Å². The smallest absolute Gasteiger partial charge is 0.274 e. The van der Waals surface area contributed by atoms with E-state index >= 15 is 0 Å². The zero-order chi connectivity index (χ0) is 25.0. The molecule has 3 aromatic rings. The van der Waals surface area contributed by atoms with Crippen LogP contribution in [-0.4, -0.2) is 40.8 Å². The van der Waals surface area contributed by atoms with Gasteiger partial charge in [0.25, 0.3) is 5.91 Å². The second-order valence-corrected chi connectivity index (χ2v) is 10.7. The van der Waals surface area contributed by atoms with Gasteiger partial charge in [0.05, 0.1) is 5.60 Å². The van der Waals surface area contributed by atoms with Crippen LogP contribution in [0.25, 0.3) is 10.9 Å². The predicted molar refractivity (Wildman–Crippen MR) is 138 cm³/mol. The fourth-order valence-electron chi connectivity index (χ4n) is 5.81. The first-order chi connectivity index (χ1) is 16.7. The fraction of sp³-hybridized carbons (Fsp3) is 0.429. The Balaban J connectivity index is 1.64. The Labute approximate surface area is 206 Å². The lowest BCUT2D eigenvalue weighted by atomic mass is 9.83. The highest BCUT2D eigenvalue weighted by Gasteiger charge is 2.58. The molecule has 1 saturated heterocycles. The number of rotatable bonds is 5. The number of hydrogen-bond donors (Lipinski definition) is 2. The topological polar surface area (TPSA) is 93.1 Å². The Morgan fingerprint density at radius 1 is 1.17 bits per heavy atom. The van der Waals surface area contributed by atoms with E-state index in [2.05, 4.69) is 44.1 Å². The predicted octanol–water partition coefficient (Wildman–Crippen LogP) is 5.07. The zero-order valence-electron chi connectivity index (χ0n) is 20.9. The molecular formula is C28H34N4O3. The average molecular weight is 475 g/mol. The standard InChI is InChI=1S/C28H34N4O3/c1-18-16-28(18,26(29)30-34)32-23-11-10-19(20-12-13-35-27(2,3)17-20)14-21(23)15-24(32)25(33)31(4)22-8-6-5-7-9-22/h5-11,14-15,18,20,34H,12-13,16-17H2,1-4H3,(H2,29,30)/t18-,20-,28-/m0/s1. The van der Waals surface area contributed by atoms with Crippen LogP contribution in [0.3, 0.4) is 0 Å². The normalized spacial score (nSPS) is 26.0. The summed E-state index contributed by atoms with van der Waals surface area (Å²) < 4.78 is 7.93. The quantitative estimate of drug-likeness (QED) is 0.234. The van der Waals surface area contributed by atoms with Gasteiger partial charge < -0.3 is 25.1 Å². The number of oxime groups is 1. The number of ether oxygens (including phenoxy) is 1. The van der Waals surface area contributed by atoms with Gasteiger partial charge in [0, 0.05) is 30.2 Å². The minimum Gasteiger partial charge on any atom is -0.409 e. The number of amidine groups is 1. The van der Waals surface area contributed by atoms with Crippen LogP contribution in [0.2, 0.25) is 0 Å². The molecule has 0 radical (unpaired) electrons. The molecule has 1 aliphatic heterocycles.